The first-order valence-electron chi connectivity index (χ1n) is 8.39. The standard InChI is InChI=1S/C20H16FN5O/c1-11-8-15(12(2)27)17-10-16(13-4-6-14(21)7-5-13)19(22-18(17)9-11)20-23-24-25-26(20)3/h4-10H,1-3H3. The number of carbonyl (C=O) groups excluding carboxylic acids is 1. The second-order valence-electron chi connectivity index (χ2n) is 6.45. The molecule has 2 heterocycles. The Morgan fingerprint density at radius 2 is 1.85 bits per heavy atom. The normalized spacial score (nSPS) is 11.1. The molecule has 0 N–H and O–H groups in total. The van der Waals surface area contributed by atoms with Crippen LogP contribution in [-0.2, 0) is 7.05 Å². The average Bonchev–Trinajstić information content (AvgIpc) is 3.06. The molecule has 0 radical (unpaired) electrons. The van der Waals surface area contributed by atoms with Crippen molar-refractivity contribution in [3.63, 3.8) is 0 Å². The predicted octanol–water partition coefficient (Wildman–Crippen LogP) is 3.74. The van der Waals surface area contributed by atoms with Crippen molar-refractivity contribution in [3.8, 4) is 22.6 Å². The zero-order valence-corrected chi connectivity index (χ0v) is 15.1. The zero-order valence-electron chi connectivity index (χ0n) is 15.1. The van der Waals surface area contributed by atoms with Crippen LogP contribution >= 0.6 is 0 Å². The Bertz CT molecular complexity index is 1180. The summed E-state index contributed by atoms with van der Waals surface area (Å²) in [5.41, 5.74) is 4.29. The number of rotatable bonds is 3. The van der Waals surface area contributed by atoms with Gasteiger partial charge in [0.15, 0.2) is 5.78 Å². The van der Waals surface area contributed by atoms with Gasteiger partial charge in [0.2, 0.25) is 5.82 Å². The first kappa shape index (κ1) is 17.0. The lowest BCUT2D eigenvalue weighted by Crippen LogP contribution is -2.02. The molecule has 134 valence electrons. The number of aromatic nitrogens is 5. The van der Waals surface area contributed by atoms with Gasteiger partial charge in [-0.15, -0.1) is 5.10 Å². The Morgan fingerprint density at radius 3 is 2.48 bits per heavy atom. The Balaban J connectivity index is 2.10. The van der Waals surface area contributed by atoms with Gasteiger partial charge in [0.05, 0.1) is 5.52 Å². The number of nitrogens with zero attached hydrogens (tertiary/aromatic N) is 5. The van der Waals surface area contributed by atoms with E-state index < -0.39 is 0 Å². The van der Waals surface area contributed by atoms with Gasteiger partial charge in [0.25, 0.3) is 0 Å². The van der Waals surface area contributed by atoms with Gasteiger partial charge >= 0.3 is 0 Å². The number of carbonyl (C=O) groups is 1. The molecule has 0 saturated heterocycles. The van der Waals surface area contributed by atoms with Crippen molar-refractivity contribution in [2.75, 3.05) is 0 Å². The molecular weight excluding hydrogens is 345 g/mol. The Hall–Kier alpha value is -3.48. The van der Waals surface area contributed by atoms with E-state index in [0.29, 0.717) is 22.6 Å². The lowest BCUT2D eigenvalue weighted by atomic mass is 9.96. The molecule has 0 saturated carbocycles. The second kappa shape index (κ2) is 6.35. The van der Waals surface area contributed by atoms with E-state index in [2.05, 4.69) is 15.5 Å². The van der Waals surface area contributed by atoms with E-state index in [1.54, 1.807) is 19.2 Å². The van der Waals surface area contributed by atoms with E-state index in [0.717, 1.165) is 22.1 Å². The summed E-state index contributed by atoms with van der Waals surface area (Å²) < 4.78 is 14.9. The maximum Gasteiger partial charge on any atom is 0.201 e. The highest BCUT2D eigenvalue weighted by molar-refractivity contribution is 6.08. The molecule has 7 heteroatoms. The molecule has 0 bridgehead atoms. The summed E-state index contributed by atoms with van der Waals surface area (Å²) in [4.78, 5) is 16.9. The summed E-state index contributed by atoms with van der Waals surface area (Å²) in [6, 6.07) is 11.8. The monoisotopic (exact) mass is 361 g/mol. The molecule has 0 aliphatic carbocycles. The number of benzene rings is 2. The van der Waals surface area contributed by atoms with Crippen molar-refractivity contribution in [3.05, 3.63) is 59.4 Å². The highest BCUT2D eigenvalue weighted by Gasteiger charge is 2.18. The number of hydrogen-bond donors (Lipinski definition) is 0. The van der Waals surface area contributed by atoms with Crippen molar-refractivity contribution in [2.45, 2.75) is 13.8 Å². The summed E-state index contributed by atoms with van der Waals surface area (Å²) in [5, 5.41) is 12.4. The lowest BCUT2D eigenvalue weighted by molar-refractivity contribution is 0.101. The van der Waals surface area contributed by atoms with Crippen molar-refractivity contribution in [2.24, 2.45) is 7.05 Å². The van der Waals surface area contributed by atoms with Gasteiger partial charge in [-0.3, -0.25) is 4.79 Å². The lowest BCUT2D eigenvalue weighted by Gasteiger charge is -2.13. The summed E-state index contributed by atoms with van der Waals surface area (Å²) in [6.45, 7) is 3.46. The van der Waals surface area contributed by atoms with Gasteiger partial charge in [-0.25, -0.2) is 14.1 Å². The van der Waals surface area contributed by atoms with Crippen LogP contribution in [0.25, 0.3) is 33.5 Å². The first-order valence-corrected chi connectivity index (χ1v) is 8.39. The van der Waals surface area contributed by atoms with Crippen LogP contribution in [0.2, 0.25) is 0 Å². The van der Waals surface area contributed by atoms with Crippen LogP contribution in [0.15, 0.2) is 42.5 Å². The molecule has 4 aromatic rings. The van der Waals surface area contributed by atoms with Crippen LogP contribution in [0.3, 0.4) is 0 Å². The van der Waals surface area contributed by atoms with Crippen molar-refractivity contribution in [1.29, 1.82) is 0 Å². The number of hydrogen-bond acceptors (Lipinski definition) is 5. The number of pyridine rings is 1. The molecule has 0 spiro atoms. The van der Waals surface area contributed by atoms with Gasteiger partial charge < -0.3 is 0 Å². The smallest absolute Gasteiger partial charge is 0.201 e. The van der Waals surface area contributed by atoms with E-state index in [1.165, 1.54) is 23.7 Å². The van der Waals surface area contributed by atoms with Gasteiger partial charge in [-0.05, 0) is 65.7 Å². The van der Waals surface area contributed by atoms with E-state index in [9.17, 15) is 9.18 Å². The highest BCUT2D eigenvalue weighted by atomic mass is 19.1. The maximum absolute atomic E-state index is 13.4. The fraction of sp³-hybridized carbons (Fsp3) is 0.150. The number of fused-ring (bicyclic) bond motifs is 1. The van der Waals surface area contributed by atoms with Crippen LogP contribution in [0, 0.1) is 12.7 Å². The molecule has 2 aromatic heterocycles. The highest BCUT2D eigenvalue weighted by Crippen LogP contribution is 2.34. The van der Waals surface area contributed by atoms with Crippen molar-refractivity contribution >= 4 is 16.7 Å². The van der Waals surface area contributed by atoms with E-state index in [4.69, 9.17) is 4.98 Å². The fourth-order valence-corrected chi connectivity index (χ4v) is 3.16. The first-order chi connectivity index (χ1) is 12.9. The van der Waals surface area contributed by atoms with Gasteiger partial charge in [0, 0.05) is 23.6 Å². The number of ketones is 1. The zero-order chi connectivity index (χ0) is 19.1. The molecule has 6 nitrogen and oxygen atoms in total. The third-order valence-electron chi connectivity index (χ3n) is 4.45. The fourth-order valence-electron chi connectivity index (χ4n) is 3.16. The van der Waals surface area contributed by atoms with Crippen LogP contribution in [0.4, 0.5) is 4.39 Å². The molecular formula is C20H16FN5O. The second-order valence-corrected chi connectivity index (χ2v) is 6.45. The minimum atomic E-state index is -0.325. The molecule has 4 rings (SSSR count). The van der Waals surface area contributed by atoms with Crippen molar-refractivity contribution in [1.82, 2.24) is 25.2 Å². The summed E-state index contributed by atoms with van der Waals surface area (Å²) >= 11 is 0. The largest absolute Gasteiger partial charge is 0.294 e. The molecule has 0 amide bonds. The number of tetrazole rings is 1. The van der Waals surface area contributed by atoms with Crippen LogP contribution in [0.5, 0.6) is 0 Å². The van der Waals surface area contributed by atoms with Crippen LogP contribution in [-0.4, -0.2) is 31.0 Å². The minimum absolute atomic E-state index is 0.0383. The molecule has 0 aliphatic rings. The van der Waals surface area contributed by atoms with Crippen LogP contribution in [0.1, 0.15) is 22.8 Å². The maximum atomic E-state index is 13.4. The molecule has 0 atom stereocenters. The summed E-state index contributed by atoms with van der Waals surface area (Å²) in [6.07, 6.45) is 0. The third-order valence-corrected chi connectivity index (χ3v) is 4.45. The number of aryl methyl sites for hydroxylation is 2. The minimum Gasteiger partial charge on any atom is -0.294 e. The van der Waals surface area contributed by atoms with E-state index in [1.807, 2.05) is 25.1 Å². The predicted molar refractivity (Wildman–Crippen MR) is 99.7 cm³/mol. The SMILES string of the molecule is CC(=O)c1cc(C)cc2nc(-c3nnnn3C)c(-c3ccc(F)cc3)cc12. The average molecular weight is 361 g/mol. The van der Waals surface area contributed by atoms with Gasteiger partial charge in [0.1, 0.15) is 11.5 Å². The topological polar surface area (TPSA) is 73.6 Å². The number of halogens is 1. The van der Waals surface area contributed by atoms with Crippen molar-refractivity contribution < 1.29 is 9.18 Å². The van der Waals surface area contributed by atoms with Gasteiger partial charge in [-0.2, -0.15) is 0 Å². The van der Waals surface area contributed by atoms with E-state index >= 15 is 0 Å². The quantitative estimate of drug-likeness (QED) is 0.520. The Labute approximate surface area is 154 Å². The van der Waals surface area contributed by atoms with Crippen LogP contribution < -0.4 is 0 Å². The molecule has 0 unspecified atom stereocenters. The third kappa shape index (κ3) is 2.97. The van der Waals surface area contributed by atoms with E-state index in [-0.39, 0.29) is 11.6 Å². The molecule has 2 aromatic carbocycles. The number of Topliss-reactive ketones (excluding diaryl/α,β-unsaturated/α-hetero) is 1. The molecule has 0 aliphatic heterocycles. The Morgan fingerprint density at radius 1 is 1.11 bits per heavy atom. The molecule has 0 fully saturated rings. The Kier molecular flexibility index (Phi) is 3.99. The van der Waals surface area contributed by atoms with Gasteiger partial charge in [-0.1, -0.05) is 12.1 Å². The summed E-state index contributed by atoms with van der Waals surface area (Å²) in [7, 11) is 1.73. The molecule has 27 heavy (non-hydrogen) atoms. The summed E-state index contributed by atoms with van der Waals surface area (Å²) in [5.74, 6) is 0.125.